The molecule has 1 aliphatic carbocycles. The number of carbonyl (C=O) groups is 1. The fourth-order valence-electron chi connectivity index (χ4n) is 3.60. The first-order valence-electron chi connectivity index (χ1n) is 9.96. The maximum atomic E-state index is 12.5. The summed E-state index contributed by atoms with van der Waals surface area (Å²) in [6.45, 7) is 0. The van der Waals surface area contributed by atoms with E-state index < -0.39 is 0 Å². The van der Waals surface area contributed by atoms with Gasteiger partial charge in [-0.15, -0.1) is 0 Å². The fraction of sp³-hybridized carbons (Fsp3) is 0.115. The molecule has 0 aliphatic heterocycles. The standard InChI is InChI=1S/C26H24N2O2/c1-30-25-14-12-21(13-15-25)26(29)28-27-24-17-22(19-8-4-2-5-9-19)16-23(18-24)20-10-6-3-7-11-20/h2-15,17-18,22,27H,16H2,1H3,(H,28,29)/t22-/m1/s1. The number of hydrazine groups is 1. The highest BCUT2D eigenvalue weighted by Crippen LogP contribution is 2.35. The van der Waals surface area contributed by atoms with E-state index in [1.54, 1.807) is 31.4 Å². The fourth-order valence-corrected chi connectivity index (χ4v) is 3.60. The van der Waals surface area contributed by atoms with E-state index >= 15 is 0 Å². The van der Waals surface area contributed by atoms with Crippen molar-refractivity contribution in [2.24, 2.45) is 0 Å². The van der Waals surface area contributed by atoms with E-state index in [0.29, 0.717) is 5.56 Å². The number of benzene rings is 3. The number of hydrogen-bond acceptors (Lipinski definition) is 3. The molecule has 2 N–H and O–H groups in total. The Morgan fingerprint density at radius 1 is 0.900 bits per heavy atom. The third kappa shape index (κ3) is 4.61. The Kier molecular flexibility index (Phi) is 5.95. The van der Waals surface area contributed by atoms with Crippen molar-refractivity contribution in [3.05, 3.63) is 119 Å². The lowest BCUT2D eigenvalue weighted by atomic mass is 9.84. The first-order chi connectivity index (χ1) is 14.7. The number of rotatable bonds is 6. The number of hydrogen-bond donors (Lipinski definition) is 2. The molecule has 0 fully saturated rings. The molecule has 150 valence electrons. The van der Waals surface area contributed by atoms with Crippen LogP contribution in [-0.2, 0) is 0 Å². The summed E-state index contributed by atoms with van der Waals surface area (Å²) in [4.78, 5) is 12.5. The van der Waals surface area contributed by atoms with Gasteiger partial charge in [-0.2, -0.15) is 0 Å². The number of ether oxygens (including phenoxy) is 1. The number of nitrogens with one attached hydrogen (secondary N) is 2. The Hall–Kier alpha value is -3.79. The zero-order valence-corrected chi connectivity index (χ0v) is 16.8. The van der Waals surface area contributed by atoms with Gasteiger partial charge in [0.05, 0.1) is 12.8 Å². The second-order valence-electron chi connectivity index (χ2n) is 7.19. The molecule has 1 atom stereocenters. The molecule has 4 rings (SSSR count). The lowest BCUT2D eigenvalue weighted by molar-refractivity contribution is 0.0939. The highest BCUT2D eigenvalue weighted by atomic mass is 16.5. The van der Waals surface area contributed by atoms with E-state index in [1.165, 1.54) is 16.7 Å². The molecule has 30 heavy (non-hydrogen) atoms. The summed E-state index contributed by atoms with van der Waals surface area (Å²) in [5, 5.41) is 0. The molecule has 4 nitrogen and oxygen atoms in total. The summed E-state index contributed by atoms with van der Waals surface area (Å²) < 4.78 is 5.15. The molecule has 0 spiro atoms. The molecule has 3 aromatic rings. The average molecular weight is 396 g/mol. The Morgan fingerprint density at radius 3 is 2.23 bits per heavy atom. The van der Waals surface area contributed by atoms with Crippen molar-refractivity contribution in [2.75, 3.05) is 7.11 Å². The molecular formula is C26H24N2O2. The van der Waals surface area contributed by atoms with E-state index in [0.717, 1.165) is 17.9 Å². The van der Waals surface area contributed by atoms with Gasteiger partial charge in [-0.25, -0.2) is 0 Å². The number of allylic oxidation sites excluding steroid dienone is 3. The van der Waals surface area contributed by atoms with Gasteiger partial charge in [-0.3, -0.25) is 15.6 Å². The van der Waals surface area contributed by atoms with Gasteiger partial charge in [0.15, 0.2) is 0 Å². The Balaban J connectivity index is 1.54. The van der Waals surface area contributed by atoms with Crippen LogP contribution in [0.15, 0.2) is 103 Å². The smallest absolute Gasteiger partial charge is 0.269 e. The summed E-state index contributed by atoms with van der Waals surface area (Å²) >= 11 is 0. The minimum absolute atomic E-state index is 0.199. The second kappa shape index (κ2) is 9.14. The van der Waals surface area contributed by atoms with Crippen molar-refractivity contribution in [1.29, 1.82) is 0 Å². The maximum absolute atomic E-state index is 12.5. The van der Waals surface area contributed by atoms with Crippen LogP contribution in [0.4, 0.5) is 0 Å². The largest absolute Gasteiger partial charge is 0.497 e. The van der Waals surface area contributed by atoms with E-state index in [4.69, 9.17) is 4.74 Å². The van der Waals surface area contributed by atoms with Crippen LogP contribution in [0.3, 0.4) is 0 Å². The SMILES string of the molecule is COc1ccc(C(=O)NNC2=C[C@H](c3ccccc3)CC(c3ccccc3)=C2)cc1. The van der Waals surface area contributed by atoms with Crippen LogP contribution in [0.5, 0.6) is 5.75 Å². The van der Waals surface area contributed by atoms with Crippen LogP contribution in [-0.4, -0.2) is 13.0 Å². The average Bonchev–Trinajstić information content (AvgIpc) is 2.83. The third-order valence-electron chi connectivity index (χ3n) is 5.20. The van der Waals surface area contributed by atoms with Crippen molar-refractivity contribution in [3.63, 3.8) is 0 Å². The maximum Gasteiger partial charge on any atom is 0.269 e. The normalized spacial score (nSPS) is 15.6. The molecular weight excluding hydrogens is 372 g/mol. The predicted octanol–water partition coefficient (Wildman–Crippen LogP) is 5.08. The number of methoxy groups -OCH3 is 1. The lowest BCUT2D eigenvalue weighted by Gasteiger charge is -2.23. The lowest BCUT2D eigenvalue weighted by Crippen LogP contribution is -2.37. The molecule has 4 heteroatoms. The zero-order chi connectivity index (χ0) is 20.8. The van der Waals surface area contributed by atoms with Crippen molar-refractivity contribution in [1.82, 2.24) is 10.9 Å². The zero-order valence-electron chi connectivity index (χ0n) is 16.8. The Bertz CT molecular complexity index is 1060. The number of amides is 1. The number of carbonyl (C=O) groups excluding carboxylic acids is 1. The van der Waals surface area contributed by atoms with Crippen molar-refractivity contribution in [3.8, 4) is 5.75 Å². The summed E-state index contributed by atoms with van der Waals surface area (Å²) in [6, 6.07) is 27.8. The minimum Gasteiger partial charge on any atom is -0.497 e. The van der Waals surface area contributed by atoms with Crippen LogP contribution < -0.4 is 15.6 Å². The Morgan fingerprint density at radius 2 is 1.57 bits per heavy atom. The molecule has 0 bridgehead atoms. The first-order valence-corrected chi connectivity index (χ1v) is 9.96. The van der Waals surface area contributed by atoms with Gasteiger partial charge < -0.3 is 4.74 Å². The van der Waals surface area contributed by atoms with Gasteiger partial charge in [0.2, 0.25) is 0 Å². The van der Waals surface area contributed by atoms with Gasteiger partial charge in [-0.05, 0) is 53.5 Å². The minimum atomic E-state index is -0.199. The van der Waals surface area contributed by atoms with E-state index in [9.17, 15) is 4.79 Å². The van der Waals surface area contributed by atoms with Crippen molar-refractivity contribution >= 4 is 11.5 Å². The molecule has 0 saturated carbocycles. The molecule has 0 radical (unpaired) electrons. The monoisotopic (exact) mass is 396 g/mol. The van der Waals surface area contributed by atoms with Crippen LogP contribution in [0, 0.1) is 0 Å². The second-order valence-corrected chi connectivity index (χ2v) is 7.19. The molecule has 0 saturated heterocycles. The summed E-state index contributed by atoms with van der Waals surface area (Å²) in [5.74, 6) is 0.748. The highest BCUT2D eigenvalue weighted by molar-refractivity contribution is 5.94. The van der Waals surface area contributed by atoms with E-state index in [-0.39, 0.29) is 11.8 Å². The molecule has 0 aromatic heterocycles. The van der Waals surface area contributed by atoms with Gasteiger partial charge >= 0.3 is 0 Å². The van der Waals surface area contributed by atoms with Gasteiger partial charge in [0.1, 0.15) is 5.75 Å². The summed E-state index contributed by atoms with van der Waals surface area (Å²) in [7, 11) is 1.60. The molecule has 1 amide bonds. The Labute approximate surface area is 176 Å². The van der Waals surface area contributed by atoms with Crippen LogP contribution >= 0.6 is 0 Å². The van der Waals surface area contributed by atoms with Gasteiger partial charge in [0.25, 0.3) is 5.91 Å². The van der Waals surface area contributed by atoms with Crippen LogP contribution in [0.2, 0.25) is 0 Å². The summed E-state index contributed by atoms with van der Waals surface area (Å²) in [6.07, 6.45) is 5.17. The van der Waals surface area contributed by atoms with E-state index in [1.807, 2.05) is 24.3 Å². The first kappa shape index (κ1) is 19.5. The quantitative estimate of drug-likeness (QED) is 0.571. The molecule has 3 aromatic carbocycles. The molecule has 0 unspecified atom stereocenters. The van der Waals surface area contributed by atoms with Crippen molar-refractivity contribution in [2.45, 2.75) is 12.3 Å². The predicted molar refractivity (Wildman–Crippen MR) is 120 cm³/mol. The highest BCUT2D eigenvalue weighted by Gasteiger charge is 2.18. The molecule has 0 heterocycles. The van der Waals surface area contributed by atoms with Gasteiger partial charge in [-0.1, -0.05) is 66.7 Å². The van der Waals surface area contributed by atoms with Gasteiger partial charge in [0, 0.05) is 11.5 Å². The van der Waals surface area contributed by atoms with Crippen molar-refractivity contribution < 1.29 is 9.53 Å². The molecule has 1 aliphatic rings. The third-order valence-corrected chi connectivity index (χ3v) is 5.20. The van der Waals surface area contributed by atoms with Crippen LogP contribution in [0.25, 0.3) is 5.57 Å². The summed E-state index contributed by atoms with van der Waals surface area (Å²) in [5.41, 5.74) is 11.0. The van der Waals surface area contributed by atoms with E-state index in [2.05, 4.69) is 59.4 Å². The topological polar surface area (TPSA) is 50.4 Å². The van der Waals surface area contributed by atoms with Crippen LogP contribution in [0.1, 0.15) is 33.8 Å².